The summed E-state index contributed by atoms with van der Waals surface area (Å²) in [6.45, 7) is 4.04. The summed E-state index contributed by atoms with van der Waals surface area (Å²) in [5.41, 5.74) is 8.93. The minimum Gasteiger partial charge on any atom is -0.465 e. The Hall–Kier alpha value is -4.37. The van der Waals surface area contributed by atoms with E-state index in [0.29, 0.717) is 17.4 Å². The lowest BCUT2D eigenvalue weighted by atomic mass is 9.97. The molecule has 0 aliphatic carbocycles. The second-order valence-corrected chi connectivity index (χ2v) is 10.9. The number of azide groups is 1. The van der Waals surface area contributed by atoms with E-state index in [-0.39, 0.29) is 12.4 Å². The number of methoxy groups -OCH3 is 1. The van der Waals surface area contributed by atoms with Crippen molar-refractivity contribution in [1.29, 1.82) is 0 Å². The molecule has 1 aliphatic rings. The molecule has 280 valence electrons. The first-order valence-corrected chi connectivity index (χ1v) is 15.3. The second-order valence-electron chi connectivity index (χ2n) is 10.9. The van der Waals surface area contributed by atoms with Gasteiger partial charge >= 0.3 is 29.6 Å². The third-order valence-corrected chi connectivity index (χ3v) is 7.05. The lowest BCUT2D eigenvalue weighted by Gasteiger charge is -2.42. The summed E-state index contributed by atoms with van der Waals surface area (Å²) >= 11 is 0. The standard InChI is InChI=1S/C29H42N4O17/c1-7-8-9-43-25-22(50-26(39)23(24(25)38)31-32-30)14-46-29(27(40)42-6,10-19-11-33(15(2)34)28(41)49-19)45-13-21(48-18(5)37)20(47-17(4)36)12-44-16(3)35/h11,20-26,38-39H,7-10,12-14H2,1-6H3/t20-,21+,22?,23+,24?,25+,26-,29+/m1/s1. The third-order valence-electron chi connectivity index (χ3n) is 7.05. The predicted octanol–water partition coefficient (Wildman–Crippen LogP) is -0.0848. The Morgan fingerprint density at radius 1 is 1.04 bits per heavy atom. The molecular formula is C29H42N4O17. The minimum atomic E-state index is -2.65. The van der Waals surface area contributed by atoms with Crippen molar-refractivity contribution in [3.05, 3.63) is 33.0 Å². The molecule has 21 heteroatoms. The average Bonchev–Trinajstić information content (AvgIpc) is 3.41. The molecule has 21 nitrogen and oxygen atoms in total. The first kappa shape index (κ1) is 41.8. The fourth-order valence-corrected chi connectivity index (χ4v) is 4.71. The molecule has 1 fully saturated rings. The van der Waals surface area contributed by atoms with Crippen LogP contribution >= 0.6 is 0 Å². The smallest absolute Gasteiger partial charge is 0.426 e. The van der Waals surface area contributed by atoms with E-state index in [2.05, 4.69) is 10.0 Å². The molecule has 2 N–H and O–H groups in total. The van der Waals surface area contributed by atoms with Gasteiger partial charge in [0, 0.05) is 39.2 Å². The molecule has 2 rings (SSSR count). The van der Waals surface area contributed by atoms with Gasteiger partial charge in [0.1, 0.15) is 30.6 Å². The Morgan fingerprint density at radius 3 is 2.20 bits per heavy atom. The van der Waals surface area contributed by atoms with Crippen molar-refractivity contribution in [3.63, 3.8) is 0 Å². The third kappa shape index (κ3) is 11.9. The molecule has 0 bridgehead atoms. The van der Waals surface area contributed by atoms with Crippen molar-refractivity contribution in [2.45, 2.75) is 103 Å². The Labute approximate surface area is 285 Å². The average molecular weight is 719 g/mol. The van der Waals surface area contributed by atoms with Crippen molar-refractivity contribution in [2.24, 2.45) is 5.11 Å². The number of aromatic nitrogens is 1. The molecule has 1 saturated heterocycles. The van der Waals surface area contributed by atoms with E-state index in [1.54, 1.807) is 0 Å². The maximum Gasteiger partial charge on any atom is 0.426 e. The normalized spacial score (nSPS) is 22.6. The largest absolute Gasteiger partial charge is 0.465 e. The number of aliphatic hydroxyl groups is 2. The van der Waals surface area contributed by atoms with Crippen LogP contribution in [0.25, 0.3) is 10.4 Å². The van der Waals surface area contributed by atoms with Crippen LogP contribution < -0.4 is 5.76 Å². The van der Waals surface area contributed by atoms with Gasteiger partial charge in [0.15, 0.2) is 18.5 Å². The molecule has 1 aliphatic heterocycles. The lowest BCUT2D eigenvalue weighted by molar-refractivity contribution is -0.297. The van der Waals surface area contributed by atoms with Crippen molar-refractivity contribution < 1.29 is 76.5 Å². The minimum absolute atomic E-state index is 0.101. The van der Waals surface area contributed by atoms with Crippen LogP contribution in [-0.2, 0) is 63.5 Å². The van der Waals surface area contributed by atoms with Gasteiger partial charge in [-0.15, -0.1) is 0 Å². The Balaban J connectivity index is 2.60. The summed E-state index contributed by atoms with van der Waals surface area (Å²) in [6, 6.07) is -1.48. The highest BCUT2D eigenvalue weighted by Gasteiger charge is 2.50. The number of carbonyl (C=O) groups is 5. The summed E-state index contributed by atoms with van der Waals surface area (Å²) in [6.07, 6.45) is -7.73. The highest BCUT2D eigenvalue weighted by atomic mass is 16.7. The van der Waals surface area contributed by atoms with Crippen molar-refractivity contribution in [3.8, 4) is 0 Å². The number of carbonyl (C=O) groups excluding carboxylic acids is 5. The van der Waals surface area contributed by atoms with Crippen LogP contribution in [0.2, 0.25) is 0 Å². The van der Waals surface area contributed by atoms with Gasteiger partial charge in [-0.05, 0) is 12.0 Å². The van der Waals surface area contributed by atoms with Gasteiger partial charge in [-0.2, -0.15) is 0 Å². The predicted molar refractivity (Wildman–Crippen MR) is 162 cm³/mol. The SMILES string of the molecule is CCCCO[C@H]1C(CO[C@](Cc2cn(C(C)=O)c(=O)o2)(OC[C@H](OC(C)=O)[C@@H](COC(C)=O)OC(C)=O)C(=O)OC)O[C@@H](O)[C@@H](N=[N+]=[N-])C1O. The molecule has 50 heavy (non-hydrogen) atoms. The van der Waals surface area contributed by atoms with E-state index in [1.807, 2.05) is 6.92 Å². The van der Waals surface area contributed by atoms with Crippen LogP contribution in [0, 0.1) is 0 Å². The van der Waals surface area contributed by atoms with Gasteiger partial charge in [0.05, 0.1) is 39.0 Å². The maximum atomic E-state index is 13.5. The molecule has 2 unspecified atom stereocenters. The zero-order valence-corrected chi connectivity index (χ0v) is 28.4. The van der Waals surface area contributed by atoms with Crippen LogP contribution in [0.3, 0.4) is 0 Å². The monoisotopic (exact) mass is 718 g/mol. The Bertz CT molecular complexity index is 1440. The van der Waals surface area contributed by atoms with Crippen LogP contribution in [-0.4, -0.2) is 127 Å². The number of ether oxygens (including phenoxy) is 8. The molecule has 0 amide bonds. The second kappa shape index (κ2) is 19.7. The summed E-state index contributed by atoms with van der Waals surface area (Å²) in [5, 5.41) is 24.9. The van der Waals surface area contributed by atoms with Crippen molar-refractivity contribution in [1.82, 2.24) is 4.57 Å². The Kier molecular flexibility index (Phi) is 16.5. The van der Waals surface area contributed by atoms with E-state index in [1.165, 1.54) is 0 Å². The molecule has 0 aromatic carbocycles. The number of oxazole rings is 1. The number of hydrogen-bond donors (Lipinski definition) is 2. The van der Waals surface area contributed by atoms with E-state index in [9.17, 15) is 39.0 Å². The van der Waals surface area contributed by atoms with Crippen molar-refractivity contribution >= 4 is 29.8 Å². The summed E-state index contributed by atoms with van der Waals surface area (Å²) in [7, 11) is 0.957. The number of esters is 4. The lowest BCUT2D eigenvalue weighted by Crippen LogP contribution is -2.60. The highest BCUT2D eigenvalue weighted by molar-refractivity contribution is 5.78. The number of aliphatic hydroxyl groups excluding tert-OH is 2. The van der Waals surface area contributed by atoms with Crippen LogP contribution in [0.5, 0.6) is 0 Å². The van der Waals surface area contributed by atoms with E-state index >= 15 is 0 Å². The van der Waals surface area contributed by atoms with Crippen LogP contribution in [0.1, 0.15) is 58.0 Å². The molecule has 0 saturated carbocycles. The fourth-order valence-electron chi connectivity index (χ4n) is 4.71. The molecule has 8 atom stereocenters. The molecule has 1 aromatic rings. The van der Waals surface area contributed by atoms with Gasteiger partial charge < -0.3 is 52.5 Å². The molecule has 1 aromatic heterocycles. The Morgan fingerprint density at radius 2 is 1.68 bits per heavy atom. The van der Waals surface area contributed by atoms with Gasteiger partial charge in [-0.3, -0.25) is 19.2 Å². The zero-order chi connectivity index (χ0) is 37.6. The van der Waals surface area contributed by atoms with Gasteiger partial charge in [-0.1, -0.05) is 18.5 Å². The maximum absolute atomic E-state index is 13.5. The topological polar surface area (TPSA) is 284 Å². The number of unbranched alkanes of at least 4 members (excludes halogenated alkanes) is 1. The van der Waals surface area contributed by atoms with Crippen molar-refractivity contribution in [2.75, 3.05) is 33.5 Å². The van der Waals surface area contributed by atoms with Gasteiger partial charge in [0.25, 0.3) is 5.79 Å². The van der Waals surface area contributed by atoms with Gasteiger partial charge in [0.2, 0.25) is 5.91 Å². The fraction of sp³-hybridized carbons (Fsp3) is 0.724. The number of nitrogens with zero attached hydrogens (tertiary/aromatic N) is 4. The van der Waals surface area contributed by atoms with Crippen LogP contribution in [0.4, 0.5) is 0 Å². The zero-order valence-electron chi connectivity index (χ0n) is 28.4. The highest BCUT2D eigenvalue weighted by Crippen LogP contribution is 2.29. The van der Waals surface area contributed by atoms with Gasteiger partial charge in [-0.25, -0.2) is 14.2 Å². The van der Waals surface area contributed by atoms with Crippen LogP contribution in [0.15, 0.2) is 20.5 Å². The first-order valence-electron chi connectivity index (χ1n) is 15.3. The summed E-state index contributed by atoms with van der Waals surface area (Å²) < 4.78 is 49.3. The van der Waals surface area contributed by atoms with E-state index < -0.39 is 110 Å². The first-order chi connectivity index (χ1) is 23.6. The number of rotatable bonds is 19. The quantitative estimate of drug-likeness (QED) is 0.0359. The molecule has 0 spiro atoms. The molecule has 0 radical (unpaired) electrons. The molecular weight excluding hydrogens is 676 g/mol. The summed E-state index contributed by atoms with van der Waals surface area (Å²) in [4.78, 5) is 75.9. The van der Waals surface area contributed by atoms with E-state index in [4.69, 9.17) is 47.8 Å². The summed E-state index contributed by atoms with van der Waals surface area (Å²) in [5.74, 6) is -8.63. The molecule has 2 heterocycles. The number of hydrogen-bond acceptors (Lipinski definition) is 18. The van der Waals surface area contributed by atoms with E-state index in [0.717, 1.165) is 41.0 Å².